The Morgan fingerprint density at radius 1 is 1.03 bits per heavy atom. The van der Waals surface area contributed by atoms with Gasteiger partial charge in [-0.15, -0.1) is 0 Å². The van der Waals surface area contributed by atoms with Crippen molar-refractivity contribution < 1.29 is 17.9 Å². The Morgan fingerprint density at radius 2 is 1.79 bits per heavy atom. The minimum absolute atomic E-state index is 0.0368. The van der Waals surface area contributed by atoms with Crippen LogP contribution in [-0.4, -0.2) is 63.0 Å². The summed E-state index contributed by atoms with van der Waals surface area (Å²) in [5.41, 5.74) is 3.60. The number of morpholine rings is 1. The summed E-state index contributed by atoms with van der Waals surface area (Å²) in [6.07, 6.45) is 6.33. The molecule has 0 spiro atoms. The number of benzene rings is 1. The van der Waals surface area contributed by atoms with Crippen molar-refractivity contribution in [2.45, 2.75) is 37.0 Å². The van der Waals surface area contributed by atoms with E-state index in [0.29, 0.717) is 58.1 Å². The summed E-state index contributed by atoms with van der Waals surface area (Å²) in [5, 5.41) is 3.09. The second kappa shape index (κ2) is 9.40. The highest BCUT2D eigenvalue weighted by molar-refractivity contribution is 7.89. The highest BCUT2D eigenvalue weighted by Crippen LogP contribution is 2.30. The molecule has 0 bridgehead atoms. The molecule has 1 N–H and O–H groups in total. The molecule has 8 nitrogen and oxygen atoms in total. The molecule has 0 unspecified atom stereocenters. The number of sulfonamides is 1. The lowest BCUT2D eigenvalue weighted by molar-refractivity contribution is -0.120. The predicted octanol–water partition coefficient (Wildman–Crippen LogP) is 2.45. The highest BCUT2D eigenvalue weighted by Gasteiger charge is 2.33. The third-order valence-electron chi connectivity index (χ3n) is 6.87. The molecule has 0 atom stereocenters. The molecule has 2 aromatic rings. The van der Waals surface area contributed by atoms with Crippen molar-refractivity contribution in [3.63, 3.8) is 0 Å². The number of nitrogens with one attached hydrogen (secondary N) is 1. The van der Waals surface area contributed by atoms with E-state index in [9.17, 15) is 13.2 Å². The Morgan fingerprint density at radius 3 is 2.58 bits per heavy atom. The van der Waals surface area contributed by atoms with Crippen LogP contribution in [0.1, 0.15) is 30.4 Å². The number of amides is 1. The maximum absolute atomic E-state index is 13.2. The van der Waals surface area contributed by atoms with Crippen LogP contribution >= 0.6 is 0 Å². The van der Waals surface area contributed by atoms with Gasteiger partial charge < -0.3 is 15.0 Å². The number of aryl methyl sites for hydroxylation is 2. The largest absolute Gasteiger partial charge is 0.379 e. The average Bonchev–Trinajstić information content (AvgIpc) is 3.33. The maximum Gasteiger partial charge on any atom is 0.246 e. The minimum Gasteiger partial charge on any atom is -0.379 e. The Balaban J connectivity index is 1.25. The number of fused-ring (bicyclic) bond motifs is 1. The zero-order valence-corrected chi connectivity index (χ0v) is 19.5. The number of ether oxygens (including phenoxy) is 1. The van der Waals surface area contributed by atoms with Gasteiger partial charge in [-0.2, -0.15) is 4.31 Å². The molecule has 9 heteroatoms. The van der Waals surface area contributed by atoms with E-state index in [-0.39, 0.29) is 16.7 Å². The summed E-state index contributed by atoms with van der Waals surface area (Å²) in [4.78, 5) is 19.5. The molecule has 3 aliphatic rings. The smallest absolute Gasteiger partial charge is 0.246 e. The third-order valence-corrected chi connectivity index (χ3v) is 8.79. The SMILES string of the molecule is O=C(Nc1ccc2c(c1)CCC2)C1CCN(c2ncccc2S(=O)(=O)N2CCOCC2)CC1. The summed E-state index contributed by atoms with van der Waals surface area (Å²) in [6.45, 7) is 2.68. The van der Waals surface area contributed by atoms with E-state index in [1.54, 1.807) is 18.3 Å². The van der Waals surface area contributed by atoms with Crippen LogP contribution in [0.25, 0.3) is 0 Å². The van der Waals surface area contributed by atoms with Gasteiger partial charge >= 0.3 is 0 Å². The summed E-state index contributed by atoms with van der Waals surface area (Å²) >= 11 is 0. The predicted molar refractivity (Wildman–Crippen MR) is 126 cm³/mol. The molecule has 1 aromatic carbocycles. The molecule has 1 aliphatic carbocycles. The molecule has 0 saturated carbocycles. The fraction of sp³-hybridized carbons (Fsp3) is 0.500. The van der Waals surface area contributed by atoms with Crippen molar-refractivity contribution >= 4 is 27.4 Å². The van der Waals surface area contributed by atoms with Crippen LogP contribution in [0.4, 0.5) is 11.5 Å². The first-order valence-corrected chi connectivity index (χ1v) is 13.2. The minimum atomic E-state index is -3.65. The molecule has 1 aromatic heterocycles. The van der Waals surface area contributed by atoms with E-state index >= 15 is 0 Å². The number of pyridine rings is 1. The second-order valence-corrected chi connectivity index (χ2v) is 10.8. The van der Waals surface area contributed by atoms with Gasteiger partial charge in [-0.1, -0.05) is 6.07 Å². The van der Waals surface area contributed by atoms with Gasteiger partial charge in [0.1, 0.15) is 10.7 Å². The van der Waals surface area contributed by atoms with Crippen LogP contribution in [0.15, 0.2) is 41.4 Å². The van der Waals surface area contributed by atoms with Gasteiger partial charge in [-0.25, -0.2) is 13.4 Å². The molecule has 1 amide bonds. The van der Waals surface area contributed by atoms with Crippen molar-refractivity contribution in [3.8, 4) is 0 Å². The van der Waals surface area contributed by atoms with Crippen LogP contribution in [0.2, 0.25) is 0 Å². The van der Waals surface area contributed by atoms with Gasteiger partial charge in [0.2, 0.25) is 15.9 Å². The highest BCUT2D eigenvalue weighted by atomic mass is 32.2. The van der Waals surface area contributed by atoms with Gasteiger partial charge in [0.25, 0.3) is 0 Å². The third kappa shape index (κ3) is 4.62. The first-order valence-electron chi connectivity index (χ1n) is 11.7. The van der Waals surface area contributed by atoms with E-state index in [1.807, 2.05) is 11.0 Å². The lowest BCUT2D eigenvalue weighted by Gasteiger charge is -2.34. The van der Waals surface area contributed by atoms with Crippen LogP contribution in [0, 0.1) is 5.92 Å². The number of anilines is 2. The Bertz CT molecular complexity index is 1120. The fourth-order valence-electron chi connectivity index (χ4n) is 4.99. The number of carbonyl (C=O) groups is 1. The van der Waals surface area contributed by atoms with Crippen LogP contribution in [0.5, 0.6) is 0 Å². The molecule has 2 saturated heterocycles. The topological polar surface area (TPSA) is 91.8 Å². The van der Waals surface area contributed by atoms with E-state index in [2.05, 4.69) is 22.4 Å². The molecule has 3 heterocycles. The van der Waals surface area contributed by atoms with E-state index in [1.165, 1.54) is 21.9 Å². The lowest BCUT2D eigenvalue weighted by Crippen LogP contribution is -2.42. The number of hydrogen-bond donors (Lipinski definition) is 1. The van der Waals surface area contributed by atoms with E-state index in [0.717, 1.165) is 18.5 Å². The Hall–Kier alpha value is -2.49. The molecule has 0 radical (unpaired) electrons. The number of rotatable bonds is 5. The normalized spacial score (nSPS) is 19.9. The number of nitrogens with zero attached hydrogens (tertiary/aromatic N) is 3. The van der Waals surface area contributed by atoms with Gasteiger partial charge in [0.15, 0.2) is 0 Å². The molecule has 2 fully saturated rings. The molecule has 5 rings (SSSR count). The zero-order chi connectivity index (χ0) is 22.8. The standard InChI is InChI=1S/C24H30N4O4S/c29-24(26-21-7-6-18-3-1-4-20(18)17-21)19-8-11-27(12-9-19)23-22(5-2-10-25-23)33(30,31)28-13-15-32-16-14-28/h2,5-7,10,17,19H,1,3-4,8-9,11-16H2,(H,26,29). The van der Waals surface area contributed by atoms with E-state index in [4.69, 9.17) is 4.74 Å². The maximum atomic E-state index is 13.2. The fourth-order valence-corrected chi connectivity index (χ4v) is 6.57. The molecule has 176 valence electrons. The van der Waals surface area contributed by atoms with Crippen LogP contribution in [0.3, 0.4) is 0 Å². The zero-order valence-electron chi connectivity index (χ0n) is 18.7. The first-order chi connectivity index (χ1) is 16.0. The second-order valence-electron chi connectivity index (χ2n) is 8.93. The van der Waals surface area contributed by atoms with E-state index < -0.39 is 10.0 Å². The molecular weight excluding hydrogens is 440 g/mol. The monoisotopic (exact) mass is 470 g/mol. The average molecular weight is 471 g/mol. The Kier molecular flexibility index (Phi) is 6.36. The summed E-state index contributed by atoms with van der Waals surface area (Å²) in [5.74, 6) is 0.411. The van der Waals surface area contributed by atoms with Gasteiger partial charge in [-0.05, 0) is 67.5 Å². The van der Waals surface area contributed by atoms with Gasteiger partial charge in [0.05, 0.1) is 13.2 Å². The first kappa shape index (κ1) is 22.3. The van der Waals surface area contributed by atoms with Gasteiger partial charge in [-0.3, -0.25) is 4.79 Å². The molecule has 33 heavy (non-hydrogen) atoms. The Labute approximate surface area is 195 Å². The number of hydrogen-bond acceptors (Lipinski definition) is 6. The van der Waals surface area contributed by atoms with Crippen molar-refractivity contribution in [2.75, 3.05) is 49.6 Å². The van der Waals surface area contributed by atoms with Crippen molar-refractivity contribution in [2.24, 2.45) is 5.92 Å². The summed E-state index contributed by atoms with van der Waals surface area (Å²) < 4.78 is 33.3. The number of aromatic nitrogens is 1. The van der Waals surface area contributed by atoms with Crippen molar-refractivity contribution in [1.29, 1.82) is 0 Å². The van der Waals surface area contributed by atoms with Gasteiger partial charge in [0, 0.05) is 44.0 Å². The van der Waals surface area contributed by atoms with Crippen LogP contribution < -0.4 is 10.2 Å². The van der Waals surface area contributed by atoms with Crippen molar-refractivity contribution in [1.82, 2.24) is 9.29 Å². The molecule has 2 aliphatic heterocycles. The number of carbonyl (C=O) groups excluding carboxylic acids is 1. The molecular formula is C24H30N4O4S. The summed E-state index contributed by atoms with van der Waals surface area (Å²) in [6, 6.07) is 9.51. The summed E-state index contributed by atoms with van der Waals surface area (Å²) in [7, 11) is -3.65. The van der Waals surface area contributed by atoms with Crippen LogP contribution in [-0.2, 0) is 32.4 Å². The number of piperidine rings is 1. The van der Waals surface area contributed by atoms with Crippen molar-refractivity contribution in [3.05, 3.63) is 47.7 Å². The quantitative estimate of drug-likeness (QED) is 0.722. The lowest BCUT2D eigenvalue weighted by atomic mass is 9.95.